The molecule has 0 bridgehead atoms. The standard InChI is InChI=1S/C18H21NO6/c1-10(21)19-15-17(23)16(22)14(9-20)25-18(15)24-13-7-6-11-4-2-3-5-12(11)8-13/h2-8,14-18,20,22-23H,9H2,1H3,(H,19,21)/t14-,15-,16-,17-,18-/m0/s1. The lowest BCUT2D eigenvalue weighted by molar-refractivity contribution is -0.244. The van der Waals surface area contributed by atoms with Crippen LogP contribution in [0, 0.1) is 0 Å². The smallest absolute Gasteiger partial charge is 0.223 e. The lowest BCUT2D eigenvalue weighted by Crippen LogP contribution is -2.65. The Balaban J connectivity index is 1.86. The number of fused-ring (bicyclic) bond motifs is 1. The van der Waals surface area contributed by atoms with Gasteiger partial charge in [-0.3, -0.25) is 4.79 Å². The third kappa shape index (κ3) is 3.74. The summed E-state index contributed by atoms with van der Waals surface area (Å²) >= 11 is 0. The van der Waals surface area contributed by atoms with Gasteiger partial charge in [0, 0.05) is 6.92 Å². The van der Waals surface area contributed by atoms with E-state index < -0.39 is 43.2 Å². The summed E-state index contributed by atoms with van der Waals surface area (Å²) in [5.41, 5.74) is 0. The topological polar surface area (TPSA) is 108 Å². The zero-order valence-corrected chi connectivity index (χ0v) is 13.7. The summed E-state index contributed by atoms with van der Waals surface area (Å²) in [4.78, 5) is 11.4. The van der Waals surface area contributed by atoms with Crippen LogP contribution in [0.4, 0.5) is 0 Å². The number of hydrogen-bond acceptors (Lipinski definition) is 6. The summed E-state index contributed by atoms with van der Waals surface area (Å²) in [6.45, 7) is 0.812. The zero-order valence-electron chi connectivity index (χ0n) is 13.7. The van der Waals surface area contributed by atoms with Crippen molar-refractivity contribution >= 4 is 16.7 Å². The Morgan fingerprint density at radius 1 is 1.16 bits per heavy atom. The van der Waals surface area contributed by atoms with Crippen LogP contribution < -0.4 is 10.1 Å². The molecule has 1 heterocycles. The van der Waals surface area contributed by atoms with Crippen LogP contribution in [0.1, 0.15) is 6.92 Å². The highest BCUT2D eigenvalue weighted by molar-refractivity contribution is 5.83. The number of carbonyl (C=O) groups excluding carboxylic acids is 1. The van der Waals surface area contributed by atoms with E-state index in [1.54, 1.807) is 6.07 Å². The second-order valence-corrected chi connectivity index (χ2v) is 6.06. The molecule has 1 aliphatic heterocycles. The average Bonchev–Trinajstić information content (AvgIpc) is 2.61. The molecule has 1 aliphatic rings. The molecule has 0 aliphatic carbocycles. The number of hydrogen-bond donors (Lipinski definition) is 4. The molecule has 134 valence electrons. The van der Waals surface area contributed by atoms with Crippen molar-refractivity contribution in [1.29, 1.82) is 0 Å². The van der Waals surface area contributed by atoms with Gasteiger partial charge >= 0.3 is 0 Å². The highest BCUT2D eigenvalue weighted by atomic mass is 16.7. The van der Waals surface area contributed by atoms with Gasteiger partial charge in [-0.15, -0.1) is 0 Å². The maximum absolute atomic E-state index is 11.4. The second-order valence-electron chi connectivity index (χ2n) is 6.06. The zero-order chi connectivity index (χ0) is 18.0. The molecular formula is C18H21NO6. The maximum atomic E-state index is 11.4. The molecule has 0 aromatic heterocycles. The molecule has 5 atom stereocenters. The van der Waals surface area contributed by atoms with Crippen LogP contribution in [0.5, 0.6) is 5.75 Å². The molecule has 0 spiro atoms. The van der Waals surface area contributed by atoms with Gasteiger partial charge in [-0.05, 0) is 22.9 Å². The summed E-state index contributed by atoms with van der Waals surface area (Å²) in [6.07, 6.45) is -4.73. The monoisotopic (exact) mass is 347 g/mol. The Labute approximate surface area is 144 Å². The van der Waals surface area contributed by atoms with Gasteiger partial charge in [-0.2, -0.15) is 0 Å². The quantitative estimate of drug-likeness (QED) is 0.628. The first kappa shape index (κ1) is 17.6. The van der Waals surface area contributed by atoms with Crippen molar-refractivity contribution in [1.82, 2.24) is 5.32 Å². The molecule has 7 heteroatoms. The predicted octanol–water partition coefficient (Wildman–Crippen LogP) is 0.162. The normalized spacial score (nSPS) is 29.4. The molecule has 1 saturated heterocycles. The molecule has 1 amide bonds. The Hall–Kier alpha value is -2.19. The minimum atomic E-state index is -1.33. The first-order valence-corrected chi connectivity index (χ1v) is 8.04. The third-order valence-electron chi connectivity index (χ3n) is 4.22. The number of amides is 1. The van der Waals surface area contributed by atoms with E-state index in [9.17, 15) is 20.1 Å². The number of nitrogens with one attached hydrogen (secondary N) is 1. The van der Waals surface area contributed by atoms with E-state index in [0.717, 1.165) is 10.8 Å². The molecule has 0 radical (unpaired) electrons. The minimum absolute atomic E-state index is 0.394. The molecule has 0 unspecified atom stereocenters. The summed E-state index contributed by atoms with van der Waals surface area (Å²) in [6, 6.07) is 12.2. The van der Waals surface area contributed by atoms with E-state index in [2.05, 4.69) is 5.32 Å². The van der Waals surface area contributed by atoms with Crippen molar-refractivity contribution in [2.45, 2.75) is 37.6 Å². The van der Waals surface area contributed by atoms with Crippen LogP contribution in [-0.4, -0.2) is 58.5 Å². The van der Waals surface area contributed by atoms with E-state index in [1.165, 1.54) is 6.92 Å². The van der Waals surface area contributed by atoms with E-state index in [1.807, 2.05) is 36.4 Å². The molecule has 2 aromatic carbocycles. The molecule has 4 N–H and O–H groups in total. The maximum Gasteiger partial charge on any atom is 0.223 e. The van der Waals surface area contributed by atoms with Gasteiger partial charge in [-0.1, -0.05) is 30.3 Å². The molecule has 0 saturated carbocycles. The highest BCUT2D eigenvalue weighted by Gasteiger charge is 2.46. The Kier molecular flexibility index (Phi) is 5.19. The fourth-order valence-corrected chi connectivity index (χ4v) is 2.95. The fraction of sp³-hybridized carbons (Fsp3) is 0.389. The van der Waals surface area contributed by atoms with Crippen molar-refractivity contribution in [2.24, 2.45) is 0 Å². The molecule has 3 rings (SSSR count). The molecule has 7 nitrogen and oxygen atoms in total. The number of aliphatic hydroxyl groups is 3. The first-order chi connectivity index (χ1) is 12.0. The van der Waals surface area contributed by atoms with Gasteiger partial charge < -0.3 is 30.1 Å². The average molecular weight is 347 g/mol. The highest BCUT2D eigenvalue weighted by Crippen LogP contribution is 2.26. The number of aliphatic hydroxyl groups excluding tert-OH is 3. The van der Waals surface area contributed by atoms with Gasteiger partial charge in [-0.25, -0.2) is 0 Å². The van der Waals surface area contributed by atoms with Crippen LogP contribution >= 0.6 is 0 Å². The van der Waals surface area contributed by atoms with Crippen LogP contribution in [0.15, 0.2) is 42.5 Å². The SMILES string of the molecule is CC(=O)N[C@@H]1[C@@H](Oc2ccc3ccccc3c2)O[C@@H](CO)[C@H](O)[C@H]1O. The molecule has 1 fully saturated rings. The Morgan fingerprint density at radius 3 is 2.56 bits per heavy atom. The number of ether oxygens (including phenoxy) is 2. The largest absolute Gasteiger partial charge is 0.463 e. The third-order valence-corrected chi connectivity index (χ3v) is 4.22. The van der Waals surface area contributed by atoms with Crippen LogP contribution in [0.2, 0.25) is 0 Å². The summed E-state index contributed by atoms with van der Waals surface area (Å²) in [5, 5.41) is 34.2. The summed E-state index contributed by atoms with van der Waals surface area (Å²) < 4.78 is 11.4. The van der Waals surface area contributed by atoms with Crippen molar-refractivity contribution in [2.75, 3.05) is 6.61 Å². The summed E-state index contributed by atoms with van der Waals surface area (Å²) in [7, 11) is 0. The Morgan fingerprint density at radius 2 is 1.88 bits per heavy atom. The number of carbonyl (C=O) groups is 1. The number of benzene rings is 2. The molecule has 2 aromatic rings. The van der Waals surface area contributed by atoms with E-state index in [0.29, 0.717) is 5.75 Å². The van der Waals surface area contributed by atoms with Gasteiger partial charge in [0.05, 0.1) is 6.61 Å². The van der Waals surface area contributed by atoms with Gasteiger partial charge in [0.15, 0.2) is 0 Å². The lowest BCUT2D eigenvalue weighted by atomic mass is 9.97. The van der Waals surface area contributed by atoms with Crippen LogP contribution in [0.25, 0.3) is 10.8 Å². The lowest BCUT2D eigenvalue weighted by Gasteiger charge is -2.42. The minimum Gasteiger partial charge on any atom is -0.463 e. The van der Waals surface area contributed by atoms with E-state index >= 15 is 0 Å². The first-order valence-electron chi connectivity index (χ1n) is 8.04. The van der Waals surface area contributed by atoms with Gasteiger partial charge in [0.2, 0.25) is 12.2 Å². The predicted molar refractivity (Wildman–Crippen MR) is 89.9 cm³/mol. The van der Waals surface area contributed by atoms with Crippen molar-refractivity contribution in [3.63, 3.8) is 0 Å². The van der Waals surface area contributed by atoms with Crippen LogP contribution in [0.3, 0.4) is 0 Å². The second kappa shape index (κ2) is 7.37. The fourth-order valence-electron chi connectivity index (χ4n) is 2.95. The van der Waals surface area contributed by atoms with Crippen molar-refractivity contribution < 1.29 is 29.6 Å². The Bertz CT molecular complexity index is 751. The van der Waals surface area contributed by atoms with Crippen LogP contribution in [-0.2, 0) is 9.53 Å². The number of rotatable bonds is 4. The van der Waals surface area contributed by atoms with Gasteiger partial charge in [0.1, 0.15) is 30.1 Å². The van der Waals surface area contributed by atoms with E-state index in [-0.39, 0.29) is 0 Å². The molecule has 25 heavy (non-hydrogen) atoms. The van der Waals surface area contributed by atoms with E-state index in [4.69, 9.17) is 9.47 Å². The van der Waals surface area contributed by atoms with Gasteiger partial charge in [0.25, 0.3) is 0 Å². The molecular weight excluding hydrogens is 326 g/mol. The summed E-state index contributed by atoms with van der Waals surface area (Å²) in [5.74, 6) is 0.0914. The van der Waals surface area contributed by atoms with Crippen molar-refractivity contribution in [3.05, 3.63) is 42.5 Å². The van der Waals surface area contributed by atoms with Crippen molar-refractivity contribution in [3.8, 4) is 5.75 Å².